The molecule has 0 saturated heterocycles. The van der Waals surface area contributed by atoms with E-state index in [0.717, 1.165) is 11.3 Å². The first-order chi connectivity index (χ1) is 12.1. The van der Waals surface area contributed by atoms with Crippen molar-refractivity contribution in [1.82, 2.24) is 14.8 Å². The number of para-hydroxylation sites is 1. The number of allylic oxidation sites excluding steroid dienone is 1. The number of esters is 1. The summed E-state index contributed by atoms with van der Waals surface area (Å²) in [6, 6.07) is 7.12. The van der Waals surface area contributed by atoms with E-state index in [2.05, 4.69) is 15.4 Å². The maximum absolute atomic E-state index is 12.6. The Labute approximate surface area is 150 Å². The highest BCUT2D eigenvalue weighted by atomic mass is 32.2. The number of methoxy groups -OCH3 is 2. The summed E-state index contributed by atoms with van der Waals surface area (Å²) in [6.07, 6.45) is 2.55. The minimum atomic E-state index is -0.469. The summed E-state index contributed by atoms with van der Waals surface area (Å²) in [5.41, 5.74) is 2.12. The zero-order valence-corrected chi connectivity index (χ0v) is 15.4. The molecule has 0 aliphatic carbocycles. The second-order valence-corrected chi connectivity index (χ2v) is 6.15. The van der Waals surface area contributed by atoms with Crippen LogP contribution in [0.15, 0.2) is 40.7 Å². The van der Waals surface area contributed by atoms with Gasteiger partial charge in [-0.05, 0) is 18.7 Å². The molecule has 2 heterocycles. The van der Waals surface area contributed by atoms with Gasteiger partial charge in [0.05, 0.1) is 19.8 Å². The Kier molecular flexibility index (Phi) is 4.98. The number of thioether (sulfide) groups is 1. The average Bonchev–Trinajstić information content (AvgIpc) is 3.08. The van der Waals surface area contributed by atoms with Crippen LogP contribution in [0.1, 0.15) is 24.9 Å². The molecule has 2 aromatic rings. The molecule has 0 unspecified atom stereocenters. The van der Waals surface area contributed by atoms with Crippen LogP contribution in [0.2, 0.25) is 0 Å². The molecular formula is C17H20N4O3S. The van der Waals surface area contributed by atoms with Gasteiger partial charge in [0.1, 0.15) is 11.8 Å². The van der Waals surface area contributed by atoms with Crippen LogP contribution in [0.3, 0.4) is 0 Å². The van der Waals surface area contributed by atoms with Gasteiger partial charge in [-0.15, -0.1) is 5.10 Å². The molecule has 3 rings (SSSR count). The van der Waals surface area contributed by atoms with Crippen LogP contribution in [0.25, 0.3) is 0 Å². The molecule has 7 nitrogen and oxygen atoms in total. The number of aromatic nitrogens is 3. The maximum Gasteiger partial charge on any atom is 0.338 e. The lowest BCUT2D eigenvalue weighted by Crippen LogP contribution is -2.30. The van der Waals surface area contributed by atoms with Crippen LogP contribution in [-0.4, -0.2) is 41.2 Å². The Balaban J connectivity index is 2.27. The third-order valence-corrected chi connectivity index (χ3v) is 4.63. The van der Waals surface area contributed by atoms with Crippen molar-refractivity contribution in [2.24, 2.45) is 0 Å². The summed E-state index contributed by atoms with van der Waals surface area (Å²) in [5, 5.41) is 8.39. The fourth-order valence-electron chi connectivity index (χ4n) is 2.95. The zero-order valence-electron chi connectivity index (χ0n) is 14.6. The molecule has 0 bridgehead atoms. The Morgan fingerprint density at radius 2 is 2.12 bits per heavy atom. The van der Waals surface area contributed by atoms with Gasteiger partial charge in [0, 0.05) is 11.3 Å². The van der Waals surface area contributed by atoms with Crippen LogP contribution >= 0.6 is 11.8 Å². The van der Waals surface area contributed by atoms with E-state index in [1.54, 1.807) is 11.8 Å². The molecular weight excluding hydrogens is 340 g/mol. The number of nitrogens with one attached hydrogen (secondary N) is 1. The SMILES string of the molecule is CCC1=C(C(=O)OC)[C@H](c2ccccc2OC)n2nc(SC)nc2N1. The number of anilines is 1. The number of fused-ring (bicyclic) bond motifs is 1. The number of benzene rings is 1. The van der Waals surface area contributed by atoms with Crippen LogP contribution in [0.5, 0.6) is 5.75 Å². The topological polar surface area (TPSA) is 78.3 Å². The molecule has 1 aliphatic heterocycles. The molecule has 0 spiro atoms. The highest BCUT2D eigenvalue weighted by Crippen LogP contribution is 2.40. The van der Waals surface area contributed by atoms with Gasteiger partial charge >= 0.3 is 5.97 Å². The van der Waals surface area contributed by atoms with Gasteiger partial charge in [-0.3, -0.25) is 0 Å². The van der Waals surface area contributed by atoms with Crippen LogP contribution in [-0.2, 0) is 9.53 Å². The van der Waals surface area contributed by atoms with Crippen molar-refractivity contribution < 1.29 is 14.3 Å². The van der Waals surface area contributed by atoms with Crippen LogP contribution in [0.4, 0.5) is 5.95 Å². The molecule has 8 heteroatoms. The van der Waals surface area contributed by atoms with Gasteiger partial charge in [-0.1, -0.05) is 36.9 Å². The minimum absolute atomic E-state index is 0.396. The van der Waals surface area contributed by atoms with Crippen molar-refractivity contribution in [3.63, 3.8) is 0 Å². The maximum atomic E-state index is 12.6. The summed E-state index contributed by atoms with van der Waals surface area (Å²) in [4.78, 5) is 17.1. The molecule has 1 atom stereocenters. The van der Waals surface area contributed by atoms with Gasteiger partial charge in [-0.25, -0.2) is 9.48 Å². The molecule has 0 fully saturated rings. The number of rotatable bonds is 5. The molecule has 0 amide bonds. The summed E-state index contributed by atoms with van der Waals surface area (Å²) in [6.45, 7) is 1.98. The lowest BCUT2D eigenvalue weighted by molar-refractivity contribution is -0.136. The fourth-order valence-corrected chi connectivity index (χ4v) is 3.30. The van der Waals surface area contributed by atoms with Crippen molar-refractivity contribution in [2.75, 3.05) is 25.8 Å². The quantitative estimate of drug-likeness (QED) is 0.649. The van der Waals surface area contributed by atoms with E-state index in [1.807, 2.05) is 37.4 Å². The number of hydrogen-bond acceptors (Lipinski definition) is 7. The fraction of sp³-hybridized carbons (Fsp3) is 0.353. The van der Waals surface area contributed by atoms with Crippen molar-refractivity contribution in [2.45, 2.75) is 24.5 Å². The van der Waals surface area contributed by atoms with E-state index in [9.17, 15) is 4.79 Å². The van der Waals surface area contributed by atoms with E-state index in [1.165, 1.54) is 18.9 Å². The van der Waals surface area contributed by atoms with Gasteiger partial charge in [0.15, 0.2) is 0 Å². The van der Waals surface area contributed by atoms with E-state index in [0.29, 0.717) is 28.8 Å². The lowest BCUT2D eigenvalue weighted by atomic mass is 9.94. The zero-order chi connectivity index (χ0) is 18.0. The Bertz CT molecular complexity index is 831. The predicted octanol–water partition coefficient (Wildman–Crippen LogP) is 2.86. The number of hydrogen-bond donors (Lipinski definition) is 1. The van der Waals surface area contributed by atoms with Crippen LogP contribution in [0, 0.1) is 0 Å². The predicted molar refractivity (Wildman–Crippen MR) is 95.9 cm³/mol. The molecule has 132 valence electrons. The van der Waals surface area contributed by atoms with E-state index in [4.69, 9.17) is 9.47 Å². The summed E-state index contributed by atoms with van der Waals surface area (Å²) in [5.74, 6) is 0.885. The first kappa shape index (κ1) is 17.3. The van der Waals surface area contributed by atoms with Gasteiger partial charge < -0.3 is 14.8 Å². The largest absolute Gasteiger partial charge is 0.496 e. The van der Waals surface area contributed by atoms with Gasteiger partial charge in [-0.2, -0.15) is 4.98 Å². The Hall–Kier alpha value is -2.48. The van der Waals surface area contributed by atoms with E-state index in [-0.39, 0.29) is 0 Å². The number of carbonyl (C=O) groups is 1. The molecule has 1 N–H and O–H groups in total. The first-order valence-electron chi connectivity index (χ1n) is 7.86. The smallest absolute Gasteiger partial charge is 0.338 e. The second-order valence-electron chi connectivity index (χ2n) is 5.37. The standard InChI is InChI=1S/C17H20N4O3S/c1-5-11-13(15(22)24-3)14(10-8-6-7-9-12(10)23-2)21-16(18-11)19-17(20-21)25-4/h6-9,14H,5H2,1-4H3,(H,18,19,20)/t14-/m0/s1. The van der Waals surface area contributed by atoms with Crippen molar-refractivity contribution in [3.8, 4) is 5.75 Å². The number of nitrogens with zero attached hydrogens (tertiary/aromatic N) is 3. The number of carbonyl (C=O) groups excluding carboxylic acids is 1. The van der Waals surface area contributed by atoms with Gasteiger partial charge in [0.25, 0.3) is 0 Å². The third kappa shape index (κ3) is 2.97. The Morgan fingerprint density at radius 3 is 2.76 bits per heavy atom. The molecule has 25 heavy (non-hydrogen) atoms. The van der Waals surface area contributed by atoms with Crippen LogP contribution < -0.4 is 10.1 Å². The minimum Gasteiger partial charge on any atom is -0.496 e. The molecule has 1 aliphatic rings. The van der Waals surface area contributed by atoms with Gasteiger partial charge in [0.2, 0.25) is 11.1 Å². The van der Waals surface area contributed by atoms with Crippen molar-refractivity contribution in [3.05, 3.63) is 41.1 Å². The van der Waals surface area contributed by atoms with Crippen molar-refractivity contribution >= 4 is 23.7 Å². The average molecular weight is 360 g/mol. The first-order valence-corrected chi connectivity index (χ1v) is 9.08. The van der Waals surface area contributed by atoms with Crippen molar-refractivity contribution in [1.29, 1.82) is 0 Å². The third-order valence-electron chi connectivity index (χ3n) is 4.09. The highest BCUT2D eigenvalue weighted by Gasteiger charge is 2.37. The van der Waals surface area contributed by atoms with E-state index >= 15 is 0 Å². The Morgan fingerprint density at radius 1 is 1.36 bits per heavy atom. The second kappa shape index (κ2) is 7.18. The highest BCUT2D eigenvalue weighted by molar-refractivity contribution is 7.98. The summed E-state index contributed by atoms with van der Waals surface area (Å²) < 4.78 is 12.3. The summed E-state index contributed by atoms with van der Waals surface area (Å²) in [7, 11) is 2.99. The lowest BCUT2D eigenvalue weighted by Gasteiger charge is -2.29. The molecule has 0 saturated carbocycles. The summed E-state index contributed by atoms with van der Waals surface area (Å²) >= 11 is 1.44. The molecule has 1 aromatic carbocycles. The monoisotopic (exact) mass is 360 g/mol. The molecule has 0 radical (unpaired) electrons. The van der Waals surface area contributed by atoms with E-state index < -0.39 is 12.0 Å². The number of ether oxygens (including phenoxy) is 2. The normalized spacial score (nSPS) is 16.2. The molecule has 1 aromatic heterocycles.